The van der Waals surface area contributed by atoms with Crippen LogP contribution in [0.2, 0.25) is 0 Å². The van der Waals surface area contributed by atoms with Crippen molar-refractivity contribution in [3.8, 4) is 0 Å². The molecule has 19 heavy (non-hydrogen) atoms. The van der Waals surface area contributed by atoms with E-state index in [-0.39, 0.29) is 5.91 Å². The highest BCUT2D eigenvalue weighted by Gasteiger charge is 2.25. The third-order valence-electron chi connectivity index (χ3n) is 3.77. The predicted octanol–water partition coefficient (Wildman–Crippen LogP) is 0.985. The molecule has 4 nitrogen and oxygen atoms in total. The Balaban J connectivity index is 1.65. The van der Waals surface area contributed by atoms with E-state index >= 15 is 0 Å². The molecule has 1 aromatic rings. The Hall–Kier alpha value is -1.39. The predicted molar refractivity (Wildman–Crippen MR) is 76.8 cm³/mol. The molecular formula is C15H23N3O. The van der Waals surface area contributed by atoms with E-state index in [0.717, 1.165) is 18.5 Å². The van der Waals surface area contributed by atoms with Crippen molar-refractivity contribution in [2.45, 2.75) is 32.0 Å². The highest BCUT2D eigenvalue weighted by atomic mass is 16.1. The van der Waals surface area contributed by atoms with Gasteiger partial charge >= 0.3 is 0 Å². The first-order valence-corrected chi connectivity index (χ1v) is 6.89. The number of rotatable bonds is 5. The monoisotopic (exact) mass is 261 g/mol. The van der Waals surface area contributed by atoms with Crippen LogP contribution in [0.4, 0.5) is 0 Å². The van der Waals surface area contributed by atoms with Gasteiger partial charge in [-0.3, -0.25) is 4.79 Å². The zero-order valence-corrected chi connectivity index (χ0v) is 11.7. The van der Waals surface area contributed by atoms with Gasteiger partial charge in [-0.05, 0) is 26.0 Å². The molecule has 1 aromatic carbocycles. The molecule has 0 aromatic heterocycles. The van der Waals surface area contributed by atoms with Gasteiger partial charge in [-0.15, -0.1) is 0 Å². The molecular weight excluding hydrogens is 238 g/mol. The molecule has 4 heteroatoms. The molecule has 1 aliphatic rings. The standard InChI is InChI=1S/C15H23N3O/c1-12-8-14(11-18(12)2)16-10-15(19)17-9-13-6-4-3-5-7-13/h3-7,12,14,16H,8-11H2,1-2H3,(H,17,19). The van der Waals surface area contributed by atoms with Crippen molar-refractivity contribution in [3.63, 3.8) is 0 Å². The van der Waals surface area contributed by atoms with Crippen LogP contribution < -0.4 is 10.6 Å². The molecule has 1 fully saturated rings. The molecule has 2 atom stereocenters. The number of hydrogen-bond donors (Lipinski definition) is 2. The summed E-state index contributed by atoms with van der Waals surface area (Å²) in [7, 11) is 2.13. The lowest BCUT2D eigenvalue weighted by atomic mass is 10.2. The fraction of sp³-hybridized carbons (Fsp3) is 0.533. The first-order chi connectivity index (χ1) is 9.15. The maximum Gasteiger partial charge on any atom is 0.234 e. The van der Waals surface area contributed by atoms with Crippen molar-refractivity contribution in [2.75, 3.05) is 20.1 Å². The minimum atomic E-state index is 0.0612. The highest BCUT2D eigenvalue weighted by Crippen LogP contribution is 2.14. The van der Waals surface area contributed by atoms with Gasteiger partial charge in [0.1, 0.15) is 0 Å². The van der Waals surface area contributed by atoms with Crippen LogP contribution in [0, 0.1) is 0 Å². The molecule has 0 aliphatic carbocycles. The van der Waals surface area contributed by atoms with Crippen molar-refractivity contribution in [1.29, 1.82) is 0 Å². The summed E-state index contributed by atoms with van der Waals surface area (Å²) in [6.45, 7) is 4.24. The van der Waals surface area contributed by atoms with Crippen LogP contribution in [0.5, 0.6) is 0 Å². The summed E-state index contributed by atoms with van der Waals surface area (Å²) in [6.07, 6.45) is 1.11. The van der Waals surface area contributed by atoms with Gasteiger partial charge in [0.2, 0.25) is 5.91 Å². The summed E-state index contributed by atoms with van der Waals surface area (Å²) in [5.74, 6) is 0.0612. The summed E-state index contributed by atoms with van der Waals surface area (Å²) in [5.41, 5.74) is 1.13. The summed E-state index contributed by atoms with van der Waals surface area (Å²) in [5, 5.41) is 6.26. The Morgan fingerprint density at radius 3 is 2.74 bits per heavy atom. The second-order valence-electron chi connectivity index (χ2n) is 5.36. The average Bonchev–Trinajstić information content (AvgIpc) is 2.74. The average molecular weight is 261 g/mol. The van der Waals surface area contributed by atoms with E-state index in [1.165, 1.54) is 0 Å². The Kier molecular flexibility index (Phi) is 4.93. The zero-order valence-electron chi connectivity index (χ0n) is 11.7. The van der Waals surface area contributed by atoms with Crippen molar-refractivity contribution >= 4 is 5.91 Å². The lowest BCUT2D eigenvalue weighted by molar-refractivity contribution is -0.120. The highest BCUT2D eigenvalue weighted by molar-refractivity contribution is 5.78. The number of hydrogen-bond acceptors (Lipinski definition) is 3. The van der Waals surface area contributed by atoms with Crippen LogP contribution in [0.15, 0.2) is 30.3 Å². The van der Waals surface area contributed by atoms with Gasteiger partial charge in [-0.2, -0.15) is 0 Å². The maximum atomic E-state index is 11.7. The van der Waals surface area contributed by atoms with Crippen LogP contribution in [0.25, 0.3) is 0 Å². The molecule has 2 rings (SSSR count). The van der Waals surface area contributed by atoms with Crippen LogP contribution in [0.3, 0.4) is 0 Å². The van der Waals surface area contributed by atoms with Crippen LogP contribution >= 0.6 is 0 Å². The van der Waals surface area contributed by atoms with E-state index < -0.39 is 0 Å². The minimum Gasteiger partial charge on any atom is -0.351 e. The van der Waals surface area contributed by atoms with Crippen molar-refractivity contribution in [3.05, 3.63) is 35.9 Å². The molecule has 0 bridgehead atoms. The first kappa shape index (κ1) is 14.0. The van der Waals surface area contributed by atoms with E-state index in [1.54, 1.807) is 0 Å². The van der Waals surface area contributed by atoms with E-state index in [0.29, 0.717) is 25.2 Å². The topological polar surface area (TPSA) is 44.4 Å². The Labute approximate surface area is 115 Å². The Morgan fingerprint density at radius 1 is 1.37 bits per heavy atom. The minimum absolute atomic E-state index is 0.0612. The Morgan fingerprint density at radius 2 is 2.11 bits per heavy atom. The quantitative estimate of drug-likeness (QED) is 0.830. The second kappa shape index (κ2) is 6.68. The third kappa shape index (κ3) is 4.33. The normalized spacial score (nSPS) is 23.5. The summed E-state index contributed by atoms with van der Waals surface area (Å²) in [6, 6.07) is 11.0. The Bertz CT molecular complexity index is 397. The number of likely N-dealkylation sites (tertiary alicyclic amines) is 1. The van der Waals surface area contributed by atoms with E-state index in [1.807, 2.05) is 30.3 Å². The zero-order chi connectivity index (χ0) is 13.7. The van der Waals surface area contributed by atoms with Gasteiger partial charge < -0.3 is 15.5 Å². The third-order valence-corrected chi connectivity index (χ3v) is 3.77. The SMILES string of the molecule is CC1CC(NCC(=O)NCc2ccccc2)CN1C. The van der Waals surface area contributed by atoms with Crippen molar-refractivity contribution in [1.82, 2.24) is 15.5 Å². The lowest BCUT2D eigenvalue weighted by Gasteiger charge is -2.13. The summed E-state index contributed by atoms with van der Waals surface area (Å²) in [4.78, 5) is 14.1. The lowest BCUT2D eigenvalue weighted by Crippen LogP contribution is -2.40. The van der Waals surface area contributed by atoms with Gasteiger partial charge in [-0.25, -0.2) is 0 Å². The number of likely N-dealkylation sites (N-methyl/N-ethyl adjacent to an activating group) is 1. The summed E-state index contributed by atoms with van der Waals surface area (Å²) < 4.78 is 0. The van der Waals surface area contributed by atoms with Gasteiger partial charge in [-0.1, -0.05) is 30.3 Å². The van der Waals surface area contributed by atoms with Crippen LogP contribution in [-0.4, -0.2) is 43.0 Å². The van der Waals surface area contributed by atoms with Gasteiger partial charge in [0, 0.05) is 25.2 Å². The van der Waals surface area contributed by atoms with Crippen molar-refractivity contribution in [2.24, 2.45) is 0 Å². The fourth-order valence-corrected chi connectivity index (χ4v) is 2.44. The maximum absolute atomic E-state index is 11.7. The van der Waals surface area contributed by atoms with Crippen molar-refractivity contribution < 1.29 is 4.79 Å². The molecule has 0 radical (unpaired) electrons. The number of carbonyl (C=O) groups is 1. The molecule has 0 spiro atoms. The molecule has 1 saturated heterocycles. The fourth-order valence-electron chi connectivity index (χ4n) is 2.44. The van der Waals surface area contributed by atoms with E-state index in [2.05, 4.69) is 29.5 Å². The molecule has 1 amide bonds. The van der Waals surface area contributed by atoms with E-state index in [4.69, 9.17) is 0 Å². The van der Waals surface area contributed by atoms with Gasteiger partial charge in [0.25, 0.3) is 0 Å². The van der Waals surface area contributed by atoms with Crippen LogP contribution in [0.1, 0.15) is 18.9 Å². The molecule has 104 valence electrons. The molecule has 1 heterocycles. The largest absolute Gasteiger partial charge is 0.351 e. The van der Waals surface area contributed by atoms with Gasteiger partial charge in [0.15, 0.2) is 0 Å². The number of benzene rings is 1. The molecule has 2 unspecified atom stereocenters. The molecule has 1 aliphatic heterocycles. The summed E-state index contributed by atoms with van der Waals surface area (Å²) >= 11 is 0. The number of nitrogens with one attached hydrogen (secondary N) is 2. The number of nitrogens with zero attached hydrogens (tertiary/aromatic N) is 1. The van der Waals surface area contributed by atoms with Crippen LogP contribution in [-0.2, 0) is 11.3 Å². The molecule has 0 saturated carbocycles. The number of carbonyl (C=O) groups excluding carboxylic acids is 1. The second-order valence-corrected chi connectivity index (χ2v) is 5.36. The van der Waals surface area contributed by atoms with E-state index in [9.17, 15) is 4.79 Å². The van der Waals surface area contributed by atoms with Gasteiger partial charge in [0.05, 0.1) is 6.54 Å². The first-order valence-electron chi connectivity index (χ1n) is 6.89. The molecule has 2 N–H and O–H groups in total. The smallest absolute Gasteiger partial charge is 0.234 e. The number of amides is 1.